The number of nitrogens with one attached hydrogen (secondary N) is 2. The van der Waals surface area contributed by atoms with Gasteiger partial charge in [0, 0.05) is 30.1 Å². The van der Waals surface area contributed by atoms with Gasteiger partial charge in [0.15, 0.2) is 0 Å². The molecule has 0 spiro atoms. The van der Waals surface area contributed by atoms with Crippen LogP contribution in [-0.2, 0) is 16.2 Å². The van der Waals surface area contributed by atoms with E-state index in [9.17, 15) is 14.7 Å². The molecular formula is C37H52N4O4. The van der Waals surface area contributed by atoms with Crippen LogP contribution in [0.2, 0.25) is 0 Å². The molecule has 5 aliphatic rings. The van der Waals surface area contributed by atoms with Crippen molar-refractivity contribution in [3.05, 3.63) is 59.7 Å². The smallest absolute Gasteiger partial charge is 0.251 e. The molecule has 45 heavy (non-hydrogen) atoms. The number of aliphatic hydroxyl groups is 1. The van der Waals surface area contributed by atoms with Crippen molar-refractivity contribution < 1.29 is 19.5 Å². The lowest BCUT2D eigenvalue weighted by atomic mass is 9.45. The molecule has 0 aromatic heterocycles. The van der Waals surface area contributed by atoms with Crippen LogP contribution in [0, 0.1) is 29.1 Å². The van der Waals surface area contributed by atoms with E-state index in [1.807, 2.05) is 42.5 Å². The standard InChI is InChI=1S/C37H52N4O4/c1-6-30-33(22-42)45-41(34(30)36(44)39-32-19-28-18-31(23(32)2)37(28,3)4)21-24-10-7-11-25(16-24)26-12-8-13-27(17-26)35(43)38-20-29-14-9-15-40(29)5/h7-8,10-13,16-17,23,28-34,42H,6,9,14-15,18-22H2,1-5H3,(H,38,43)(H,39,44)/t23-,28+,29-,30+,31-,32-,33-,34-/m0/s1. The van der Waals surface area contributed by atoms with E-state index >= 15 is 0 Å². The van der Waals surface area contributed by atoms with Crippen molar-refractivity contribution in [3.8, 4) is 11.1 Å². The van der Waals surface area contributed by atoms with E-state index in [0.717, 1.165) is 42.5 Å². The van der Waals surface area contributed by atoms with Gasteiger partial charge in [-0.15, -0.1) is 0 Å². The molecule has 2 aromatic rings. The van der Waals surface area contributed by atoms with Crippen LogP contribution in [0.5, 0.6) is 0 Å². The van der Waals surface area contributed by atoms with Crippen molar-refractivity contribution in [1.29, 1.82) is 0 Å². The monoisotopic (exact) mass is 616 g/mol. The largest absolute Gasteiger partial charge is 0.394 e. The van der Waals surface area contributed by atoms with Crippen LogP contribution in [0.15, 0.2) is 48.5 Å². The molecule has 8 heteroatoms. The zero-order valence-corrected chi connectivity index (χ0v) is 27.7. The number of carbonyl (C=O) groups excluding carboxylic acids is 2. The normalized spacial score (nSPS) is 32.7. The summed E-state index contributed by atoms with van der Waals surface area (Å²) < 4.78 is 0. The van der Waals surface area contributed by atoms with Crippen LogP contribution in [-0.4, -0.2) is 77.9 Å². The predicted molar refractivity (Wildman–Crippen MR) is 176 cm³/mol. The number of fused-ring (bicyclic) bond motifs is 2. The van der Waals surface area contributed by atoms with Gasteiger partial charge in [-0.25, -0.2) is 0 Å². The molecule has 0 radical (unpaired) electrons. The number of hydrogen-bond donors (Lipinski definition) is 3. The Hall–Kier alpha value is -2.78. The third kappa shape index (κ3) is 6.31. The van der Waals surface area contributed by atoms with Crippen LogP contribution in [0.25, 0.3) is 11.1 Å². The van der Waals surface area contributed by atoms with Gasteiger partial charge in [-0.3, -0.25) is 14.4 Å². The highest BCUT2D eigenvalue weighted by atomic mass is 16.7. The van der Waals surface area contributed by atoms with E-state index < -0.39 is 12.1 Å². The van der Waals surface area contributed by atoms with Gasteiger partial charge >= 0.3 is 0 Å². The van der Waals surface area contributed by atoms with Crippen LogP contribution in [0.1, 0.15) is 75.7 Å². The van der Waals surface area contributed by atoms with E-state index in [0.29, 0.717) is 47.9 Å². The first-order valence-corrected chi connectivity index (χ1v) is 17.1. The summed E-state index contributed by atoms with van der Waals surface area (Å²) in [6.07, 6.45) is 4.92. The van der Waals surface area contributed by atoms with Crippen LogP contribution in [0.4, 0.5) is 0 Å². The lowest BCUT2D eigenvalue weighted by molar-refractivity contribution is -0.183. The average Bonchev–Trinajstić information content (AvgIpc) is 3.62. The Labute approximate surface area is 268 Å². The van der Waals surface area contributed by atoms with E-state index in [4.69, 9.17) is 4.84 Å². The molecule has 8 nitrogen and oxygen atoms in total. The Morgan fingerprint density at radius 2 is 1.84 bits per heavy atom. The Morgan fingerprint density at radius 3 is 2.51 bits per heavy atom. The molecule has 3 aliphatic carbocycles. The molecule has 8 atom stereocenters. The summed E-state index contributed by atoms with van der Waals surface area (Å²) in [5, 5.41) is 18.5. The minimum absolute atomic E-state index is 0.00687. The van der Waals surface area contributed by atoms with E-state index in [1.54, 1.807) is 5.06 Å². The molecule has 2 aliphatic heterocycles. The number of likely N-dealkylation sites (tertiary alicyclic amines) is 1. The Bertz CT molecular complexity index is 1380. The lowest BCUT2D eigenvalue weighted by Crippen LogP contribution is -2.62. The first kappa shape index (κ1) is 32.2. The van der Waals surface area contributed by atoms with Gasteiger partial charge in [0.2, 0.25) is 5.91 Å². The molecule has 244 valence electrons. The maximum Gasteiger partial charge on any atom is 0.251 e. The van der Waals surface area contributed by atoms with Gasteiger partial charge in [0.25, 0.3) is 5.91 Å². The minimum Gasteiger partial charge on any atom is -0.394 e. The number of benzene rings is 2. The summed E-state index contributed by atoms with van der Waals surface area (Å²) in [4.78, 5) is 35.6. The fraction of sp³-hybridized carbons (Fsp3) is 0.622. The summed E-state index contributed by atoms with van der Waals surface area (Å²) >= 11 is 0. The van der Waals surface area contributed by atoms with Gasteiger partial charge < -0.3 is 20.6 Å². The second-order valence-electron chi connectivity index (χ2n) is 14.8. The molecule has 3 N–H and O–H groups in total. The second kappa shape index (κ2) is 13.1. The molecular weight excluding hydrogens is 564 g/mol. The zero-order chi connectivity index (χ0) is 31.9. The highest BCUT2D eigenvalue weighted by molar-refractivity contribution is 5.95. The highest BCUT2D eigenvalue weighted by Crippen LogP contribution is 2.61. The third-order valence-electron chi connectivity index (χ3n) is 12.0. The van der Waals surface area contributed by atoms with Gasteiger partial charge in [-0.2, -0.15) is 5.06 Å². The molecule has 2 aromatic carbocycles. The fourth-order valence-corrected chi connectivity index (χ4v) is 8.88. The Morgan fingerprint density at radius 1 is 1.09 bits per heavy atom. The number of hydrogen-bond acceptors (Lipinski definition) is 6. The van der Waals surface area contributed by atoms with Crippen LogP contribution >= 0.6 is 0 Å². The SMILES string of the molecule is CC[C@@H]1[C@H](CO)ON(Cc2cccc(-c3cccc(C(=O)NC[C@@H]4CCCN4C)c3)c2)[C@@H]1C(=O)N[C@H]1C[C@H]2C[C@@H]([C@@H]1C)C2(C)C. The van der Waals surface area contributed by atoms with Crippen LogP contribution in [0.3, 0.4) is 0 Å². The molecule has 2 heterocycles. The molecule has 5 fully saturated rings. The number of nitrogens with zero attached hydrogens (tertiary/aromatic N) is 2. The van der Waals surface area contributed by atoms with Crippen molar-refractivity contribution in [2.24, 2.45) is 29.1 Å². The Balaban J connectivity index is 1.15. The van der Waals surface area contributed by atoms with Gasteiger partial charge in [0.1, 0.15) is 12.1 Å². The lowest BCUT2D eigenvalue weighted by Gasteiger charge is -2.62. The quantitative estimate of drug-likeness (QED) is 0.353. The molecule has 2 bridgehead atoms. The van der Waals surface area contributed by atoms with Crippen molar-refractivity contribution in [2.75, 3.05) is 26.7 Å². The van der Waals surface area contributed by atoms with Crippen molar-refractivity contribution in [3.63, 3.8) is 0 Å². The maximum absolute atomic E-state index is 14.0. The summed E-state index contributed by atoms with van der Waals surface area (Å²) in [6, 6.07) is 16.1. The van der Waals surface area contributed by atoms with Crippen molar-refractivity contribution in [1.82, 2.24) is 20.6 Å². The zero-order valence-electron chi connectivity index (χ0n) is 27.7. The predicted octanol–water partition coefficient (Wildman–Crippen LogP) is 4.87. The highest BCUT2D eigenvalue weighted by Gasteiger charge is 2.57. The average molecular weight is 617 g/mol. The fourth-order valence-electron chi connectivity index (χ4n) is 8.88. The topological polar surface area (TPSA) is 94.1 Å². The van der Waals surface area contributed by atoms with Gasteiger partial charge in [-0.1, -0.05) is 58.0 Å². The van der Waals surface area contributed by atoms with Crippen molar-refractivity contribution >= 4 is 11.8 Å². The summed E-state index contributed by atoms with van der Waals surface area (Å²) in [6.45, 7) is 11.2. The molecule has 2 amide bonds. The molecule has 7 rings (SSSR count). The molecule has 0 unspecified atom stereocenters. The first-order chi connectivity index (χ1) is 21.6. The summed E-state index contributed by atoms with van der Waals surface area (Å²) in [5.74, 6) is 1.60. The first-order valence-electron chi connectivity index (χ1n) is 17.1. The number of carbonyl (C=O) groups is 2. The number of rotatable bonds is 10. The number of likely N-dealkylation sites (N-methyl/N-ethyl adjacent to an activating group) is 1. The van der Waals surface area contributed by atoms with Gasteiger partial charge in [-0.05, 0) is 104 Å². The van der Waals surface area contributed by atoms with E-state index in [2.05, 4.69) is 56.3 Å². The third-order valence-corrected chi connectivity index (χ3v) is 12.0. The number of hydroxylamine groups is 2. The van der Waals surface area contributed by atoms with E-state index in [1.165, 1.54) is 12.8 Å². The minimum atomic E-state index is -0.472. The number of aliphatic hydroxyl groups excluding tert-OH is 1. The maximum atomic E-state index is 14.0. The van der Waals surface area contributed by atoms with Crippen LogP contribution < -0.4 is 10.6 Å². The van der Waals surface area contributed by atoms with Gasteiger partial charge in [0.05, 0.1) is 13.2 Å². The molecule has 3 saturated carbocycles. The summed E-state index contributed by atoms with van der Waals surface area (Å²) in [7, 11) is 2.12. The van der Waals surface area contributed by atoms with E-state index in [-0.39, 0.29) is 30.4 Å². The molecule has 2 saturated heterocycles. The number of amides is 2. The second-order valence-corrected chi connectivity index (χ2v) is 14.8. The van der Waals surface area contributed by atoms with Crippen molar-refractivity contribution in [2.45, 2.75) is 90.6 Å². The summed E-state index contributed by atoms with van der Waals surface area (Å²) in [5.41, 5.74) is 3.98. The Kier molecular flexibility index (Phi) is 9.40.